The van der Waals surface area contributed by atoms with Gasteiger partial charge in [0.05, 0.1) is 18.8 Å². The normalized spacial score (nSPS) is 27.5. The van der Waals surface area contributed by atoms with E-state index >= 15 is 0 Å². The summed E-state index contributed by atoms with van der Waals surface area (Å²) in [5.74, 6) is 1.52. The van der Waals surface area contributed by atoms with Crippen molar-refractivity contribution in [2.24, 2.45) is 0 Å². The third kappa shape index (κ3) is 2.50. The number of hydrogen-bond acceptors (Lipinski definition) is 6. The van der Waals surface area contributed by atoms with Crippen molar-refractivity contribution in [3.8, 4) is 5.75 Å². The Morgan fingerprint density at radius 2 is 2.09 bits per heavy atom. The second-order valence-corrected chi connectivity index (χ2v) is 5.59. The van der Waals surface area contributed by atoms with Crippen LogP contribution in [-0.2, 0) is 4.74 Å². The fraction of sp³-hybridized carbons (Fsp3) is 0.438. The second-order valence-electron chi connectivity index (χ2n) is 5.59. The molecular weight excluding hydrogens is 280 g/mol. The van der Waals surface area contributed by atoms with Crippen LogP contribution >= 0.6 is 0 Å². The molecule has 0 unspecified atom stereocenters. The molecule has 2 aromatic rings. The maximum absolute atomic E-state index is 6.11. The van der Waals surface area contributed by atoms with Crippen molar-refractivity contribution < 1.29 is 9.47 Å². The summed E-state index contributed by atoms with van der Waals surface area (Å²) in [6.07, 6.45) is 9.19. The van der Waals surface area contributed by atoms with E-state index < -0.39 is 0 Å². The molecule has 2 saturated heterocycles. The molecule has 0 radical (unpaired) electrons. The van der Waals surface area contributed by atoms with Crippen LogP contribution in [-0.4, -0.2) is 46.4 Å². The lowest BCUT2D eigenvalue weighted by Gasteiger charge is -2.31. The zero-order valence-corrected chi connectivity index (χ0v) is 12.2. The highest BCUT2D eigenvalue weighted by atomic mass is 16.5. The average molecular weight is 298 g/mol. The summed E-state index contributed by atoms with van der Waals surface area (Å²) >= 11 is 0. The van der Waals surface area contributed by atoms with Gasteiger partial charge < -0.3 is 14.4 Å². The predicted octanol–water partition coefficient (Wildman–Crippen LogP) is 1.69. The molecule has 0 aromatic carbocycles. The first-order valence-electron chi connectivity index (χ1n) is 7.64. The van der Waals surface area contributed by atoms with Crippen LogP contribution in [0.4, 0.5) is 5.95 Å². The van der Waals surface area contributed by atoms with Crippen LogP contribution in [0.25, 0.3) is 0 Å². The van der Waals surface area contributed by atoms with Gasteiger partial charge in [-0.2, -0.15) is 0 Å². The minimum absolute atomic E-state index is 0.0293. The standard InChI is InChI=1S/C16H18N4O2/c1-4-12(10-17-6-1)22-14-11-20(16-18-7-3-8-19-16)13-5-2-9-21-15(13)14/h1,3-4,6-8,10,13-15H,2,5,9,11H2/t13-,14+,15+/m0/s1. The molecule has 0 amide bonds. The van der Waals surface area contributed by atoms with Crippen LogP contribution in [0.5, 0.6) is 5.75 Å². The van der Waals surface area contributed by atoms with Crippen molar-refractivity contribution >= 4 is 5.95 Å². The van der Waals surface area contributed by atoms with Crippen molar-refractivity contribution in [2.75, 3.05) is 18.1 Å². The van der Waals surface area contributed by atoms with Gasteiger partial charge in [-0.15, -0.1) is 0 Å². The molecule has 2 fully saturated rings. The molecule has 4 heterocycles. The highest BCUT2D eigenvalue weighted by molar-refractivity contribution is 5.36. The van der Waals surface area contributed by atoms with E-state index in [1.165, 1.54) is 0 Å². The monoisotopic (exact) mass is 298 g/mol. The van der Waals surface area contributed by atoms with E-state index in [9.17, 15) is 0 Å². The third-order valence-corrected chi connectivity index (χ3v) is 4.21. The number of nitrogens with zero attached hydrogens (tertiary/aromatic N) is 4. The molecule has 0 aliphatic carbocycles. The van der Waals surface area contributed by atoms with Crippen molar-refractivity contribution in [3.63, 3.8) is 0 Å². The van der Waals surface area contributed by atoms with Gasteiger partial charge >= 0.3 is 0 Å². The number of rotatable bonds is 3. The number of fused-ring (bicyclic) bond motifs is 1. The van der Waals surface area contributed by atoms with Gasteiger partial charge in [0, 0.05) is 25.2 Å². The molecule has 4 rings (SSSR count). The number of aromatic nitrogens is 3. The smallest absolute Gasteiger partial charge is 0.225 e. The topological polar surface area (TPSA) is 60.4 Å². The molecule has 0 N–H and O–H groups in total. The lowest BCUT2D eigenvalue weighted by atomic mass is 10.0. The Morgan fingerprint density at radius 1 is 1.18 bits per heavy atom. The first kappa shape index (κ1) is 13.5. The Hall–Kier alpha value is -2.21. The summed E-state index contributed by atoms with van der Waals surface area (Å²) in [5.41, 5.74) is 0. The molecule has 0 spiro atoms. The highest BCUT2D eigenvalue weighted by Crippen LogP contribution is 2.33. The fourth-order valence-electron chi connectivity index (χ4n) is 3.27. The van der Waals surface area contributed by atoms with E-state index in [4.69, 9.17) is 9.47 Å². The summed E-state index contributed by atoms with van der Waals surface area (Å²) < 4.78 is 12.1. The van der Waals surface area contributed by atoms with Gasteiger partial charge in [-0.3, -0.25) is 4.98 Å². The number of hydrogen-bond donors (Lipinski definition) is 0. The van der Waals surface area contributed by atoms with Crippen LogP contribution in [0, 0.1) is 0 Å². The predicted molar refractivity (Wildman–Crippen MR) is 80.8 cm³/mol. The highest BCUT2D eigenvalue weighted by Gasteiger charge is 2.46. The van der Waals surface area contributed by atoms with E-state index in [0.717, 1.165) is 37.7 Å². The second kappa shape index (κ2) is 5.88. The molecule has 3 atom stereocenters. The minimum Gasteiger partial charge on any atom is -0.484 e. The molecule has 6 heteroatoms. The van der Waals surface area contributed by atoms with E-state index in [2.05, 4.69) is 19.9 Å². The van der Waals surface area contributed by atoms with Gasteiger partial charge in [0.15, 0.2) is 0 Å². The van der Waals surface area contributed by atoms with Gasteiger partial charge in [0.1, 0.15) is 18.0 Å². The number of anilines is 1. The van der Waals surface area contributed by atoms with Crippen LogP contribution in [0.1, 0.15) is 12.8 Å². The summed E-state index contributed by atoms with van der Waals surface area (Å²) in [5, 5.41) is 0. The summed E-state index contributed by atoms with van der Waals surface area (Å²) in [6.45, 7) is 1.52. The SMILES string of the molecule is c1cnc(N2C[C@@H](Oc3cccnc3)[C@@H]3OCCC[C@@H]32)nc1. The summed E-state index contributed by atoms with van der Waals surface area (Å²) in [4.78, 5) is 15.1. The van der Waals surface area contributed by atoms with Gasteiger partial charge in [-0.1, -0.05) is 0 Å². The lowest BCUT2D eigenvalue weighted by Crippen LogP contribution is -2.43. The quantitative estimate of drug-likeness (QED) is 0.859. The van der Waals surface area contributed by atoms with E-state index in [1.807, 2.05) is 18.2 Å². The average Bonchev–Trinajstić information content (AvgIpc) is 2.96. The first-order chi connectivity index (χ1) is 10.9. The van der Waals surface area contributed by atoms with Gasteiger partial charge in [-0.05, 0) is 31.0 Å². The number of ether oxygens (including phenoxy) is 2. The van der Waals surface area contributed by atoms with Crippen molar-refractivity contribution in [3.05, 3.63) is 43.0 Å². The van der Waals surface area contributed by atoms with Gasteiger partial charge in [0.2, 0.25) is 5.95 Å². The molecule has 6 nitrogen and oxygen atoms in total. The van der Waals surface area contributed by atoms with Gasteiger partial charge in [0.25, 0.3) is 0 Å². The summed E-state index contributed by atoms with van der Waals surface area (Å²) in [7, 11) is 0. The van der Waals surface area contributed by atoms with Crippen LogP contribution in [0.15, 0.2) is 43.0 Å². The largest absolute Gasteiger partial charge is 0.484 e. The minimum atomic E-state index is -0.0293. The van der Waals surface area contributed by atoms with Gasteiger partial charge in [-0.25, -0.2) is 9.97 Å². The molecule has 2 aliphatic heterocycles. The molecule has 2 aliphatic rings. The van der Waals surface area contributed by atoms with Crippen LogP contribution in [0.3, 0.4) is 0 Å². The van der Waals surface area contributed by atoms with E-state index in [1.54, 1.807) is 24.8 Å². The Bertz CT molecular complexity index is 610. The molecule has 0 saturated carbocycles. The van der Waals surface area contributed by atoms with Crippen LogP contribution < -0.4 is 9.64 Å². The Labute approximate surface area is 129 Å². The molecule has 114 valence electrons. The first-order valence-corrected chi connectivity index (χ1v) is 7.64. The Balaban J connectivity index is 1.58. The zero-order valence-electron chi connectivity index (χ0n) is 12.2. The third-order valence-electron chi connectivity index (χ3n) is 4.21. The molecule has 0 bridgehead atoms. The maximum atomic E-state index is 6.11. The fourth-order valence-corrected chi connectivity index (χ4v) is 3.27. The summed E-state index contributed by atoms with van der Waals surface area (Å²) in [6, 6.07) is 5.91. The van der Waals surface area contributed by atoms with E-state index in [-0.39, 0.29) is 18.2 Å². The van der Waals surface area contributed by atoms with E-state index in [0.29, 0.717) is 0 Å². The van der Waals surface area contributed by atoms with Crippen LogP contribution in [0.2, 0.25) is 0 Å². The maximum Gasteiger partial charge on any atom is 0.225 e. The lowest BCUT2D eigenvalue weighted by molar-refractivity contribution is -0.0362. The Morgan fingerprint density at radius 3 is 2.91 bits per heavy atom. The number of pyridine rings is 1. The van der Waals surface area contributed by atoms with Crippen molar-refractivity contribution in [1.82, 2.24) is 15.0 Å². The Kier molecular flexibility index (Phi) is 3.60. The van der Waals surface area contributed by atoms with Crippen molar-refractivity contribution in [2.45, 2.75) is 31.1 Å². The zero-order chi connectivity index (χ0) is 14.8. The molecule has 2 aromatic heterocycles. The van der Waals surface area contributed by atoms with Crippen molar-refractivity contribution in [1.29, 1.82) is 0 Å². The molecular formula is C16H18N4O2. The molecule has 22 heavy (non-hydrogen) atoms.